The van der Waals surface area contributed by atoms with Crippen LogP contribution in [-0.2, 0) is 4.79 Å². The molecule has 0 aromatic heterocycles. The summed E-state index contributed by atoms with van der Waals surface area (Å²) in [7, 11) is 0. The molecule has 0 saturated heterocycles. The Kier molecular flexibility index (Phi) is 6.96. The fraction of sp³-hybridized carbons (Fsp3) is 0.500. The van der Waals surface area contributed by atoms with Gasteiger partial charge in [0.1, 0.15) is 0 Å². The van der Waals surface area contributed by atoms with E-state index in [1.165, 1.54) is 16.7 Å². The summed E-state index contributed by atoms with van der Waals surface area (Å²) in [6.07, 6.45) is 0. The molecule has 2 unspecified atom stereocenters. The number of amides is 1. The number of carbonyl (C=O) groups is 1. The van der Waals surface area contributed by atoms with Crippen molar-refractivity contribution in [3.63, 3.8) is 0 Å². The maximum absolute atomic E-state index is 11.8. The van der Waals surface area contributed by atoms with Crippen LogP contribution in [0.3, 0.4) is 0 Å². The Balaban J connectivity index is 0.00000289. The summed E-state index contributed by atoms with van der Waals surface area (Å²) in [4.78, 5) is 11.8. The zero-order valence-corrected chi connectivity index (χ0v) is 12.3. The molecule has 0 aliphatic carbocycles. The van der Waals surface area contributed by atoms with Gasteiger partial charge >= 0.3 is 0 Å². The number of carbonyl (C=O) groups excluding carboxylic acids is 1. The lowest BCUT2D eigenvalue weighted by Gasteiger charge is -2.19. The second kappa shape index (κ2) is 7.39. The standard InChI is InChI=1S/C14H22N2O.ClH/c1-9-6-5-7-13(11(9)3)12(4)16-14(17)10(2)8-15;/h5-7,10,12H,8,15H2,1-4H3,(H,16,17);1H. The van der Waals surface area contributed by atoms with Crippen LogP contribution in [0.2, 0.25) is 0 Å². The predicted molar refractivity (Wildman–Crippen MR) is 77.9 cm³/mol. The van der Waals surface area contributed by atoms with E-state index in [1.54, 1.807) is 0 Å². The smallest absolute Gasteiger partial charge is 0.224 e. The van der Waals surface area contributed by atoms with Crippen LogP contribution in [0.1, 0.15) is 36.6 Å². The second-order valence-electron chi connectivity index (χ2n) is 4.66. The van der Waals surface area contributed by atoms with Crippen molar-refractivity contribution in [2.45, 2.75) is 33.7 Å². The van der Waals surface area contributed by atoms with E-state index in [2.05, 4.69) is 31.3 Å². The van der Waals surface area contributed by atoms with Crippen molar-refractivity contribution < 1.29 is 4.79 Å². The fourth-order valence-corrected chi connectivity index (χ4v) is 1.78. The molecule has 1 aromatic carbocycles. The van der Waals surface area contributed by atoms with E-state index in [0.717, 1.165) is 0 Å². The highest BCUT2D eigenvalue weighted by atomic mass is 35.5. The summed E-state index contributed by atoms with van der Waals surface area (Å²) in [5, 5.41) is 3.00. The highest BCUT2D eigenvalue weighted by Crippen LogP contribution is 2.20. The highest BCUT2D eigenvalue weighted by molar-refractivity contribution is 5.85. The first-order valence-electron chi connectivity index (χ1n) is 6.04. The third kappa shape index (κ3) is 4.00. The molecule has 4 heteroatoms. The maximum Gasteiger partial charge on any atom is 0.224 e. The normalized spacial score (nSPS) is 13.4. The molecule has 1 amide bonds. The summed E-state index contributed by atoms with van der Waals surface area (Å²) < 4.78 is 0. The van der Waals surface area contributed by atoms with Gasteiger partial charge in [-0.25, -0.2) is 0 Å². The molecule has 0 aliphatic rings. The van der Waals surface area contributed by atoms with Gasteiger partial charge in [0.15, 0.2) is 0 Å². The third-order valence-corrected chi connectivity index (χ3v) is 3.27. The predicted octanol–water partition coefficient (Wildman–Crippen LogP) is 2.50. The lowest BCUT2D eigenvalue weighted by Crippen LogP contribution is -2.35. The van der Waals surface area contributed by atoms with Crippen LogP contribution in [0.25, 0.3) is 0 Å². The highest BCUT2D eigenvalue weighted by Gasteiger charge is 2.16. The average Bonchev–Trinajstić information content (AvgIpc) is 2.31. The van der Waals surface area contributed by atoms with Crippen molar-refractivity contribution in [1.29, 1.82) is 0 Å². The van der Waals surface area contributed by atoms with Gasteiger partial charge in [-0.2, -0.15) is 0 Å². The van der Waals surface area contributed by atoms with Crippen LogP contribution in [0.15, 0.2) is 18.2 Å². The fourth-order valence-electron chi connectivity index (χ4n) is 1.78. The van der Waals surface area contributed by atoms with E-state index in [1.807, 2.05) is 19.9 Å². The molecule has 2 atom stereocenters. The summed E-state index contributed by atoms with van der Waals surface area (Å²) in [5.74, 6) is -0.122. The average molecular weight is 271 g/mol. The minimum absolute atomic E-state index is 0. The van der Waals surface area contributed by atoms with Crippen LogP contribution in [0, 0.1) is 19.8 Å². The number of hydrogen-bond donors (Lipinski definition) is 2. The first-order chi connectivity index (χ1) is 7.97. The topological polar surface area (TPSA) is 55.1 Å². The van der Waals surface area contributed by atoms with E-state index in [-0.39, 0.29) is 30.3 Å². The van der Waals surface area contributed by atoms with Crippen molar-refractivity contribution in [1.82, 2.24) is 5.32 Å². The molecule has 0 radical (unpaired) electrons. The van der Waals surface area contributed by atoms with Crippen LogP contribution in [0.4, 0.5) is 0 Å². The SMILES string of the molecule is Cc1cccc(C(C)NC(=O)C(C)CN)c1C.Cl. The van der Waals surface area contributed by atoms with Crippen LogP contribution < -0.4 is 11.1 Å². The Morgan fingerprint density at radius 2 is 1.94 bits per heavy atom. The first kappa shape index (κ1) is 16.9. The molecular formula is C14H23ClN2O. The van der Waals surface area contributed by atoms with Crippen LogP contribution >= 0.6 is 12.4 Å². The van der Waals surface area contributed by atoms with E-state index in [9.17, 15) is 4.79 Å². The molecule has 0 aliphatic heterocycles. The zero-order valence-electron chi connectivity index (χ0n) is 11.5. The molecule has 0 spiro atoms. The summed E-state index contributed by atoms with van der Waals surface area (Å²) in [6.45, 7) is 8.38. The van der Waals surface area contributed by atoms with Gasteiger partial charge in [0.2, 0.25) is 5.91 Å². The van der Waals surface area contributed by atoms with Gasteiger partial charge < -0.3 is 11.1 Å². The lowest BCUT2D eigenvalue weighted by molar-refractivity contribution is -0.124. The third-order valence-electron chi connectivity index (χ3n) is 3.27. The molecule has 102 valence electrons. The van der Waals surface area contributed by atoms with Gasteiger partial charge in [-0.05, 0) is 37.5 Å². The molecule has 3 N–H and O–H groups in total. The van der Waals surface area contributed by atoms with Gasteiger partial charge in [0.25, 0.3) is 0 Å². The number of rotatable bonds is 4. The molecule has 0 saturated carbocycles. The first-order valence-corrected chi connectivity index (χ1v) is 6.04. The molecule has 3 nitrogen and oxygen atoms in total. The minimum Gasteiger partial charge on any atom is -0.349 e. The molecule has 1 rings (SSSR count). The molecule has 0 fully saturated rings. The number of hydrogen-bond acceptors (Lipinski definition) is 2. The maximum atomic E-state index is 11.8. The van der Waals surface area contributed by atoms with Gasteiger partial charge in [-0.15, -0.1) is 12.4 Å². The van der Waals surface area contributed by atoms with E-state index in [4.69, 9.17) is 5.73 Å². The minimum atomic E-state index is -0.137. The molecule has 18 heavy (non-hydrogen) atoms. The monoisotopic (exact) mass is 270 g/mol. The van der Waals surface area contributed by atoms with Crippen molar-refractivity contribution in [2.75, 3.05) is 6.54 Å². The Hall–Kier alpha value is -1.06. The van der Waals surface area contributed by atoms with Gasteiger partial charge in [-0.1, -0.05) is 25.1 Å². The molecule has 0 heterocycles. The van der Waals surface area contributed by atoms with Crippen molar-refractivity contribution in [2.24, 2.45) is 11.7 Å². The quantitative estimate of drug-likeness (QED) is 0.883. The second-order valence-corrected chi connectivity index (χ2v) is 4.66. The Bertz CT molecular complexity index is 407. The number of nitrogens with one attached hydrogen (secondary N) is 1. The number of nitrogens with two attached hydrogens (primary N) is 1. The van der Waals surface area contributed by atoms with Gasteiger partial charge in [0.05, 0.1) is 6.04 Å². The van der Waals surface area contributed by atoms with E-state index >= 15 is 0 Å². The summed E-state index contributed by atoms with van der Waals surface area (Å²) >= 11 is 0. The van der Waals surface area contributed by atoms with Crippen molar-refractivity contribution in [3.8, 4) is 0 Å². The van der Waals surface area contributed by atoms with Crippen LogP contribution in [-0.4, -0.2) is 12.5 Å². The summed E-state index contributed by atoms with van der Waals surface area (Å²) in [6, 6.07) is 6.18. The number of aryl methyl sites for hydroxylation is 1. The van der Waals surface area contributed by atoms with E-state index in [0.29, 0.717) is 6.54 Å². The molecular weight excluding hydrogens is 248 g/mol. The Morgan fingerprint density at radius 3 is 2.50 bits per heavy atom. The van der Waals surface area contributed by atoms with Crippen molar-refractivity contribution in [3.05, 3.63) is 34.9 Å². The van der Waals surface area contributed by atoms with Crippen molar-refractivity contribution >= 4 is 18.3 Å². The van der Waals surface area contributed by atoms with Gasteiger partial charge in [-0.3, -0.25) is 4.79 Å². The zero-order chi connectivity index (χ0) is 13.0. The van der Waals surface area contributed by atoms with E-state index < -0.39 is 0 Å². The Morgan fingerprint density at radius 1 is 1.33 bits per heavy atom. The largest absolute Gasteiger partial charge is 0.349 e. The van der Waals surface area contributed by atoms with Crippen LogP contribution in [0.5, 0.6) is 0 Å². The molecule has 0 bridgehead atoms. The number of halogens is 1. The number of benzene rings is 1. The lowest BCUT2D eigenvalue weighted by atomic mass is 9.98. The molecule has 1 aromatic rings. The summed E-state index contributed by atoms with van der Waals surface area (Å²) in [5.41, 5.74) is 9.13. The van der Waals surface area contributed by atoms with Gasteiger partial charge in [0, 0.05) is 12.5 Å². The Labute approximate surface area is 116 Å².